The topological polar surface area (TPSA) is 56.2 Å². The molecule has 0 atom stereocenters. The number of nitrogen functional groups attached to an aromatic ring is 1. The zero-order valence-electron chi connectivity index (χ0n) is 10.6. The van der Waals surface area contributed by atoms with Gasteiger partial charge < -0.3 is 5.73 Å². The van der Waals surface area contributed by atoms with Crippen molar-refractivity contribution in [2.75, 3.05) is 5.73 Å². The molecule has 0 saturated heterocycles. The fourth-order valence-electron chi connectivity index (χ4n) is 2.01. The summed E-state index contributed by atoms with van der Waals surface area (Å²) in [5, 5.41) is 8.37. The van der Waals surface area contributed by atoms with Crippen LogP contribution in [0.25, 0.3) is 17.8 Å². The number of nitrogens with two attached hydrogens (primary N) is 1. The van der Waals surface area contributed by atoms with Gasteiger partial charge in [-0.1, -0.05) is 24.3 Å². The van der Waals surface area contributed by atoms with Gasteiger partial charge in [-0.3, -0.25) is 4.40 Å². The molecule has 0 spiro atoms. The predicted octanol–water partition coefficient (Wildman–Crippen LogP) is 2.79. The fraction of sp³-hybridized carbons (Fsp3) is 0.0667. The molecule has 0 bridgehead atoms. The van der Waals surface area contributed by atoms with Gasteiger partial charge in [-0.05, 0) is 42.3 Å². The van der Waals surface area contributed by atoms with Crippen LogP contribution in [0.15, 0.2) is 42.6 Å². The number of rotatable bonds is 2. The Labute approximate surface area is 111 Å². The highest BCUT2D eigenvalue weighted by atomic mass is 15.2. The van der Waals surface area contributed by atoms with Crippen molar-refractivity contribution in [2.24, 2.45) is 0 Å². The lowest BCUT2D eigenvalue weighted by Gasteiger charge is -1.97. The summed E-state index contributed by atoms with van der Waals surface area (Å²) in [6.07, 6.45) is 5.88. The van der Waals surface area contributed by atoms with E-state index < -0.39 is 0 Å². The number of hydrogen-bond donors (Lipinski definition) is 1. The largest absolute Gasteiger partial charge is 0.399 e. The molecule has 0 amide bonds. The van der Waals surface area contributed by atoms with Crippen LogP contribution in [0.3, 0.4) is 0 Å². The average molecular weight is 250 g/mol. The van der Waals surface area contributed by atoms with Crippen LogP contribution in [0.2, 0.25) is 0 Å². The summed E-state index contributed by atoms with van der Waals surface area (Å²) in [5.74, 6) is 0.807. The third-order valence-corrected chi connectivity index (χ3v) is 2.99. The summed E-state index contributed by atoms with van der Waals surface area (Å²) in [6, 6.07) is 11.7. The summed E-state index contributed by atoms with van der Waals surface area (Å²) in [6.45, 7) is 2.02. The molecule has 0 saturated carbocycles. The van der Waals surface area contributed by atoms with Gasteiger partial charge >= 0.3 is 0 Å². The van der Waals surface area contributed by atoms with Gasteiger partial charge in [0.1, 0.15) is 0 Å². The summed E-state index contributed by atoms with van der Waals surface area (Å²) >= 11 is 0. The number of nitrogens with zero attached hydrogens (tertiary/aromatic N) is 3. The Morgan fingerprint density at radius 2 is 2.00 bits per heavy atom. The van der Waals surface area contributed by atoms with Crippen LogP contribution in [-0.2, 0) is 0 Å². The van der Waals surface area contributed by atoms with Crippen LogP contribution < -0.4 is 5.73 Å². The molecule has 3 rings (SSSR count). The lowest BCUT2D eigenvalue weighted by Crippen LogP contribution is -1.89. The maximum atomic E-state index is 5.75. The molecule has 4 heteroatoms. The molecule has 0 aliphatic carbocycles. The maximum Gasteiger partial charge on any atom is 0.163 e. The molecular weight excluding hydrogens is 236 g/mol. The Bertz CT molecular complexity index is 756. The Morgan fingerprint density at radius 3 is 2.84 bits per heavy atom. The number of fused-ring (bicyclic) bond motifs is 1. The molecule has 3 aromatic rings. The molecule has 0 unspecified atom stereocenters. The van der Waals surface area contributed by atoms with Crippen molar-refractivity contribution in [3.05, 3.63) is 59.5 Å². The minimum atomic E-state index is 0.754. The molecule has 0 fully saturated rings. The second-order valence-corrected chi connectivity index (χ2v) is 4.45. The smallest absolute Gasteiger partial charge is 0.163 e. The van der Waals surface area contributed by atoms with E-state index >= 15 is 0 Å². The second-order valence-electron chi connectivity index (χ2n) is 4.45. The molecule has 0 aliphatic heterocycles. The molecule has 94 valence electrons. The van der Waals surface area contributed by atoms with Crippen LogP contribution in [0.5, 0.6) is 0 Å². The van der Waals surface area contributed by atoms with Crippen molar-refractivity contribution < 1.29 is 0 Å². The molecule has 0 radical (unpaired) electrons. The van der Waals surface area contributed by atoms with Crippen molar-refractivity contribution >= 4 is 23.5 Å². The third-order valence-electron chi connectivity index (χ3n) is 2.99. The van der Waals surface area contributed by atoms with Crippen LogP contribution in [0, 0.1) is 6.92 Å². The van der Waals surface area contributed by atoms with E-state index in [1.54, 1.807) is 0 Å². The third kappa shape index (κ3) is 2.20. The van der Waals surface area contributed by atoms with E-state index in [1.807, 2.05) is 66.1 Å². The van der Waals surface area contributed by atoms with Crippen molar-refractivity contribution in [3.63, 3.8) is 0 Å². The van der Waals surface area contributed by atoms with Gasteiger partial charge in [-0.25, -0.2) is 0 Å². The molecular formula is C15H14N4. The van der Waals surface area contributed by atoms with E-state index in [-0.39, 0.29) is 0 Å². The molecule has 4 nitrogen and oxygen atoms in total. The SMILES string of the molecule is Cc1cccn2c(/C=C\c3cccc(N)c3)nnc12. The van der Waals surface area contributed by atoms with E-state index in [0.29, 0.717) is 0 Å². The van der Waals surface area contributed by atoms with Gasteiger partial charge in [0.15, 0.2) is 11.5 Å². The number of aryl methyl sites for hydroxylation is 1. The van der Waals surface area contributed by atoms with E-state index in [4.69, 9.17) is 5.73 Å². The lowest BCUT2D eigenvalue weighted by atomic mass is 10.2. The first-order valence-corrected chi connectivity index (χ1v) is 6.08. The summed E-state index contributed by atoms with van der Waals surface area (Å²) in [5.41, 5.74) is 9.54. The Morgan fingerprint density at radius 1 is 1.11 bits per heavy atom. The van der Waals surface area contributed by atoms with Crippen LogP contribution in [-0.4, -0.2) is 14.6 Å². The highest BCUT2D eigenvalue weighted by Gasteiger charge is 2.03. The summed E-state index contributed by atoms with van der Waals surface area (Å²) in [4.78, 5) is 0. The number of benzene rings is 1. The average Bonchev–Trinajstić information content (AvgIpc) is 2.81. The Balaban J connectivity index is 2.00. The van der Waals surface area contributed by atoms with E-state index in [0.717, 1.165) is 28.3 Å². The van der Waals surface area contributed by atoms with Crippen LogP contribution in [0.1, 0.15) is 17.0 Å². The second kappa shape index (κ2) is 4.57. The van der Waals surface area contributed by atoms with Gasteiger partial charge in [0.25, 0.3) is 0 Å². The minimum Gasteiger partial charge on any atom is -0.399 e. The number of aromatic nitrogens is 3. The predicted molar refractivity (Wildman–Crippen MR) is 77.5 cm³/mol. The summed E-state index contributed by atoms with van der Waals surface area (Å²) in [7, 11) is 0. The van der Waals surface area contributed by atoms with Crippen LogP contribution in [0.4, 0.5) is 5.69 Å². The molecule has 2 N–H and O–H groups in total. The fourth-order valence-corrected chi connectivity index (χ4v) is 2.01. The van der Waals surface area contributed by atoms with Gasteiger partial charge in [-0.15, -0.1) is 10.2 Å². The highest BCUT2D eigenvalue weighted by molar-refractivity contribution is 5.69. The maximum absolute atomic E-state index is 5.75. The van der Waals surface area contributed by atoms with Crippen molar-refractivity contribution in [1.29, 1.82) is 0 Å². The quantitative estimate of drug-likeness (QED) is 0.711. The minimum absolute atomic E-state index is 0.754. The van der Waals surface area contributed by atoms with Gasteiger partial charge in [0, 0.05) is 11.9 Å². The standard InChI is InChI=1S/C15H14N4/c1-11-4-3-9-19-14(17-18-15(11)19)8-7-12-5-2-6-13(16)10-12/h2-10H,16H2,1H3/b8-7-. The first kappa shape index (κ1) is 11.5. The van der Waals surface area contributed by atoms with Crippen molar-refractivity contribution in [2.45, 2.75) is 6.92 Å². The first-order chi connectivity index (χ1) is 9.24. The monoisotopic (exact) mass is 250 g/mol. The molecule has 2 heterocycles. The normalized spacial score (nSPS) is 11.4. The number of anilines is 1. The molecule has 19 heavy (non-hydrogen) atoms. The molecule has 0 aliphatic rings. The van der Waals surface area contributed by atoms with Crippen LogP contribution >= 0.6 is 0 Å². The zero-order valence-corrected chi connectivity index (χ0v) is 10.6. The first-order valence-electron chi connectivity index (χ1n) is 6.08. The Hall–Kier alpha value is -2.62. The highest BCUT2D eigenvalue weighted by Crippen LogP contribution is 2.13. The number of hydrogen-bond acceptors (Lipinski definition) is 3. The van der Waals surface area contributed by atoms with Gasteiger partial charge in [0.2, 0.25) is 0 Å². The lowest BCUT2D eigenvalue weighted by molar-refractivity contribution is 1.08. The van der Waals surface area contributed by atoms with Crippen molar-refractivity contribution in [1.82, 2.24) is 14.6 Å². The van der Waals surface area contributed by atoms with Crippen molar-refractivity contribution in [3.8, 4) is 0 Å². The summed E-state index contributed by atoms with van der Waals surface area (Å²) < 4.78 is 1.97. The van der Waals surface area contributed by atoms with E-state index in [1.165, 1.54) is 0 Å². The Kier molecular flexibility index (Phi) is 2.76. The zero-order chi connectivity index (χ0) is 13.2. The molecule has 1 aromatic carbocycles. The van der Waals surface area contributed by atoms with Gasteiger partial charge in [-0.2, -0.15) is 0 Å². The molecule has 2 aromatic heterocycles. The van der Waals surface area contributed by atoms with E-state index in [9.17, 15) is 0 Å². The van der Waals surface area contributed by atoms with E-state index in [2.05, 4.69) is 10.2 Å². The number of pyridine rings is 1. The van der Waals surface area contributed by atoms with Gasteiger partial charge in [0.05, 0.1) is 0 Å².